The summed E-state index contributed by atoms with van der Waals surface area (Å²) in [7, 11) is 0. The average molecular weight is 838 g/mol. The van der Waals surface area contributed by atoms with E-state index < -0.39 is 0 Å². The van der Waals surface area contributed by atoms with E-state index in [-0.39, 0.29) is 25.5 Å². The van der Waals surface area contributed by atoms with Crippen molar-refractivity contribution in [1.29, 1.82) is 5.26 Å². The Bertz CT molecular complexity index is 2680. The largest absolute Gasteiger partial charge is 0.500 e. The van der Waals surface area contributed by atoms with Crippen LogP contribution in [0.25, 0.3) is 77.5 Å². The van der Waals surface area contributed by atoms with Gasteiger partial charge in [0.25, 0.3) is 0 Å². The normalized spacial score (nSPS) is 11.3. The molecule has 1 radical (unpaired) electrons. The molecule has 9 aromatic rings. The number of furan rings is 2. The van der Waals surface area contributed by atoms with E-state index in [1.165, 1.54) is 5.56 Å². The summed E-state index contributed by atoms with van der Waals surface area (Å²) in [6.07, 6.45) is 3.71. The van der Waals surface area contributed by atoms with Gasteiger partial charge in [0.15, 0.2) is 0 Å². The number of para-hydroxylation sites is 1. The van der Waals surface area contributed by atoms with Gasteiger partial charge in [0.05, 0.1) is 17.2 Å². The van der Waals surface area contributed by atoms with E-state index in [2.05, 4.69) is 67.1 Å². The molecule has 0 N–H and O–H groups in total. The van der Waals surface area contributed by atoms with Crippen molar-refractivity contribution in [2.75, 3.05) is 0 Å². The van der Waals surface area contributed by atoms with E-state index in [0.717, 1.165) is 66.4 Å². The molecule has 0 amide bonds. The summed E-state index contributed by atoms with van der Waals surface area (Å²) in [5, 5.41) is 14.0. The number of benzene rings is 5. The van der Waals surface area contributed by atoms with Crippen molar-refractivity contribution in [2.45, 2.75) is 26.2 Å². The molecule has 0 atom stereocenters. The van der Waals surface area contributed by atoms with Gasteiger partial charge >= 0.3 is 0 Å². The summed E-state index contributed by atoms with van der Waals surface area (Å²) < 4.78 is 12.6. The third-order valence-corrected chi connectivity index (χ3v) is 8.92. The van der Waals surface area contributed by atoms with Crippen molar-refractivity contribution >= 4 is 43.9 Å². The fourth-order valence-corrected chi connectivity index (χ4v) is 6.32. The average Bonchev–Trinajstić information content (AvgIpc) is 3.73. The second-order valence-corrected chi connectivity index (χ2v) is 13.2. The topological polar surface area (TPSA) is 75.8 Å². The van der Waals surface area contributed by atoms with Crippen molar-refractivity contribution in [3.05, 3.63) is 157 Å². The first-order chi connectivity index (χ1) is 24.4. The first kappa shape index (κ1) is 33.6. The summed E-state index contributed by atoms with van der Waals surface area (Å²) in [6, 6.07) is 48.4. The molecule has 4 heterocycles. The Balaban J connectivity index is 0.000000202. The SMILES string of the molecule is CC(C)(C)c1ccc(-c2[c-]cccc2)nc1.N#Cc1ccc2c(oc3c(-c4ccccn4)[c-]ccc32)c1-c1ccc2c(c1)oc1ccccc12.[Ir]. The van der Waals surface area contributed by atoms with Crippen molar-refractivity contribution in [1.82, 2.24) is 9.97 Å². The molecular weight excluding hydrogens is 807 g/mol. The molecule has 0 unspecified atom stereocenters. The van der Waals surface area contributed by atoms with Crippen LogP contribution in [0.4, 0.5) is 0 Å². The molecule has 0 saturated carbocycles. The Hall–Kier alpha value is -5.86. The van der Waals surface area contributed by atoms with Crippen LogP contribution in [-0.4, -0.2) is 9.97 Å². The van der Waals surface area contributed by atoms with Crippen LogP contribution < -0.4 is 0 Å². The molecule has 5 nitrogen and oxygen atoms in total. The number of pyridine rings is 2. The summed E-state index contributed by atoms with van der Waals surface area (Å²) in [6.45, 7) is 6.58. The number of hydrogen-bond acceptors (Lipinski definition) is 5. The summed E-state index contributed by atoms with van der Waals surface area (Å²) in [4.78, 5) is 8.97. The monoisotopic (exact) mass is 838 g/mol. The van der Waals surface area contributed by atoms with Crippen LogP contribution in [0.2, 0.25) is 0 Å². The van der Waals surface area contributed by atoms with E-state index in [1.807, 2.05) is 109 Å². The number of nitrogens with zero attached hydrogens (tertiary/aromatic N) is 3. The van der Waals surface area contributed by atoms with Crippen LogP contribution >= 0.6 is 0 Å². The molecule has 0 bridgehead atoms. The van der Waals surface area contributed by atoms with Crippen LogP contribution in [-0.2, 0) is 25.5 Å². The van der Waals surface area contributed by atoms with E-state index in [1.54, 1.807) is 6.20 Å². The fourth-order valence-electron chi connectivity index (χ4n) is 6.32. The van der Waals surface area contributed by atoms with E-state index in [0.29, 0.717) is 16.7 Å². The second-order valence-electron chi connectivity index (χ2n) is 13.2. The maximum atomic E-state index is 9.94. The third-order valence-electron chi connectivity index (χ3n) is 8.92. The zero-order chi connectivity index (χ0) is 34.2. The molecular formula is C45H31IrN3O2-2. The van der Waals surface area contributed by atoms with Gasteiger partial charge in [-0.05, 0) is 58.3 Å². The van der Waals surface area contributed by atoms with Crippen molar-refractivity contribution < 1.29 is 28.9 Å². The number of aromatic nitrogens is 2. The van der Waals surface area contributed by atoms with Gasteiger partial charge in [0.1, 0.15) is 16.7 Å². The molecule has 0 saturated heterocycles. The molecule has 4 aromatic heterocycles. The smallest absolute Gasteiger partial charge is 0.136 e. The summed E-state index contributed by atoms with van der Waals surface area (Å²) in [5.41, 5.74) is 10.2. The molecule has 0 spiro atoms. The van der Waals surface area contributed by atoms with Gasteiger partial charge in [-0.25, -0.2) is 0 Å². The maximum Gasteiger partial charge on any atom is 0.136 e. The molecule has 249 valence electrons. The molecule has 0 aliphatic heterocycles. The van der Waals surface area contributed by atoms with Crippen molar-refractivity contribution in [2.24, 2.45) is 0 Å². The number of nitriles is 1. The van der Waals surface area contributed by atoms with Gasteiger partial charge in [0.2, 0.25) is 0 Å². The van der Waals surface area contributed by atoms with Crippen LogP contribution in [0.1, 0.15) is 31.9 Å². The van der Waals surface area contributed by atoms with Crippen LogP contribution in [0, 0.1) is 23.5 Å². The van der Waals surface area contributed by atoms with E-state index in [4.69, 9.17) is 8.83 Å². The molecule has 0 fully saturated rings. The zero-order valence-electron chi connectivity index (χ0n) is 28.2. The molecule has 6 heteroatoms. The zero-order valence-corrected chi connectivity index (χ0v) is 30.6. The first-order valence-electron chi connectivity index (χ1n) is 16.5. The summed E-state index contributed by atoms with van der Waals surface area (Å²) >= 11 is 0. The fraction of sp³-hybridized carbons (Fsp3) is 0.0889. The van der Waals surface area contributed by atoms with Crippen LogP contribution in [0.3, 0.4) is 0 Å². The Kier molecular flexibility index (Phi) is 9.10. The predicted molar refractivity (Wildman–Crippen MR) is 200 cm³/mol. The van der Waals surface area contributed by atoms with E-state index in [9.17, 15) is 5.26 Å². The Morgan fingerprint density at radius 1 is 0.647 bits per heavy atom. The van der Waals surface area contributed by atoms with E-state index >= 15 is 0 Å². The number of hydrogen-bond donors (Lipinski definition) is 0. The summed E-state index contributed by atoms with van der Waals surface area (Å²) in [5.74, 6) is 0. The van der Waals surface area contributed by atoms with Gasteiger partial charge in [-0.1, -0.05) is 86.3 Å². The van der Waals surface area contributed by atoms with Crippen molar-refractivity contribution in [3.8, 4) is 39.7 Å². The number of rotatable bonds is 3. The second kappa shape index (κ2) is 13.8. The van der Waals surface area contributed by atoms with Gasteiger partial charge in [-0.2, -0.15) is 5.26 Å². The quantitative estimate of drug-likeness (QED) is 0.166. The minimum atomic E-state index is 0. The van der Waals surface area contributed by atoms with Crippen molar-refractivity contribution in [3.63, 3.8) is 0 Å². The van der Waals surface area contributed by atoms with Gasteiger partial charge < -0.3 is 18.8 Å². The Labute approximate surface area is 309 Å². The molecule has 5 aromatic carbocycles. The minimum absolute atomic E-state index is 0. The standard InChI is InChI=1S/C30H15N2O2.C15H16N.Ir/c31-17-19-12-14-23-22-7-5-8-24(25-9-3-4-15-32-25)29(22)34-30(23)28(19)18-11-13-21-20-6-1-2-10-26(20)33-27(21)16-18;1-15(2,3)13-9-10-14(16-11-13)12-7-5-4-6-8-12;/h1-7,9-16H;4-7,9-11H,1-3H3;/q2*-1;. The Morgan fingerprint density at radius 2 is 1.43 bits per heavy atom. The van der Waals surface area contributed by atoms with Crippen LogP contribution in [0.15, 0.2) is 143 Å². The molecule has 0 aliphatic rings. The molecule has 51 heavy (non-hydrogen) atoms. The van der Waals surface area contributed by atoms with Gasteiger partial charge in [-0.15, -0.1) is 54.1 Å². The maximum absolute atomic E-state index is 9.94. The van der Waals surface area contributed by atoms with Gasteiger partial charge in [0, 0.05) is 54.2 Å². The molecule has 9 rings (SSSR count). The molecule has 0 aliphatic carbocycles. The van der Waals surface area contributed by atoms with Crippen LogP contribution in [0.5, 0.6) is 0 Å². The Morgan fingerprint density at radius 3 is 2.18 bits per heavy atom. The predicted octanol–water partition coefficient (Wildman–Crippen LogP) is 11.7. The third kappa shape index (κ3) is 6.35. The van der Waals surface area contributed by atoms with Gasteiger partial charge in [-0.3, -0.25) is 0 Å². The number of fused-ring (bicyclic) bond motifs is 6. The minimum Gasteiger partial charge on any atom is -0.500 e. The first-order valence-corrected chi connectivity index (χ1v) is 16.5.